The Labute approximate surface area is 148 Å². The van der Waals surface area contributed by atoms with Crippen LogP contribution in [0.1, 0.15) is 13.2 Å². The molecule has 0 saturated carbocycles. The molecule has 1 aliphatic heterocycles. The highest BCUT2D eigenvalue weighted by Gasteiger charge is 2.45. The van der Waals surface area contributed by atoms with Crippen molar-refractivity contribution in [2.24, 2.45) is 5.92 Å². The number of methoxy groups -OCH3 is 1. The van der Waals surface area contributed by atoms with Crippen molar-refractivity contribution in [2.75, 3.05) is 13.7 Å². The van der Waals surface area contributed by atoms with Crippen LogP contribution >= 0.6 is 12.2 Å². The molecule has 4 atom stereocenters. The molecule has 1 aliphatic rings. The van der Waals surface area contributed by atoms with Crippen molar-refractivity contribution in [1.29, 1.82) is 0 Å². The Bertz CT molecular complexity index is 846. The molecule has 25 heavy (non-hydrogen) atoms. The van der Waals surface area contributed by atoms with Crippen molar-refractivity contribution in [1.82, 2.24) is 19.1 Å². The summed E-state index contributed by atoms with van der Waals surface area (Å²) >= 11 is 5.29. The molecule has 134 valence electrons. The Morgan fingerprint density at radius 3 is 2.88 bits per heavy atom. The molecule has 0 amide bonds. The van der Waals surface area contributed by atoms with E-state index in [1.165, 1.54) is 23.2 Å². The average Bonchev–Trinajstić information content (AvgIpc) is 3.19. The minimum Gasteiger partial charge on any atom is -0.464 e. The number of nitrogens with zero attached hydrogens (tertiary/aromatic N) is 3. The van der Waals surface area contributed by atoms with Crippen LogP contribution < -0.4 is 11.2 Å². The van der Waals surface area contributed by atoms with E-state index in [4.69, 9.17) is 26.4 Å². The number of hydrogen-bond donors (Lipinski definition) is 1. The third kappa shape index (κ3) is 3.55. The number of H-pyrrole nitrogens is 1. The topological polar surface area (TPSA) is 100 Å². The Morgan fingerprint density at radius 1 is 1.44 bits per heavy atom. The lowest BCUT2D eigenvalue weighted by Gasteiger charge is -2.22. The summed E-state index contributed by atoms with van der Waals surface area (Å²) < 4.78 is 20.0. The lowest BCUT2D eigenvalue weighted by molar-refractivity contribution is -0.0544. The van der Waals surface area contributed by atoms with Crippen molar-refractivity contribution < 1.29 is 14.2 Å². The fourth-order valence-corrected chi connectivity index (χ4v) is 3.07. The van der Waals surface area contributed by atoms with Gasteiger partial charge in [0, 0.05) is 37.7 Å². The summed E-state index contributed by atoms with van der Waals surface area (Å²) in [7, 11) is 1.55. The predicted octanol–water partition coefficient (Wildman–Crippen LogP) is 0.131. The van der Waals surface area contributed by atoms with Crippen LogP contribution in [-0.2, 0) is 14.2 Å². The Hall–Kier alpha value is -2.30. The van der Waals surface area contributed by atoms with E-state index in [-0.39, 0.29) is 17.7 Å². The first-order valence-electron chi connectivity index (χ1n) is 7.66. The molecule has 10 heteroatoms. The smallest absolute Gasteiger partial charge is 0.330 e. The first-order valence-corrected chi connectivity index (χ1v) is 8.07. The lowest BCUT2D eigenvalue weighted by Crippen LogP contribution is -2.36. The molecule has 1 unspecified atom stereocenters. The van der Waals surface area contributed by atoms with Gasteiger partial charge in [0.2, 0.25) is 0 Å². The number of thiocarbonyl (C=S) groups is 1. The van der Waals surface area contributed by atoms with Crippen LogP contribution in [0, 0.1) is 5.92 Å². The molecule has 0 aliphatic carbocycles. The molecule has 2 aromatic rings. The van der Waals surface area contributed by atoms with Crippen molar-refractivity contribution in [3.05, 3.63) is 51.8 Å². The second kappa shape index (κ2) is 7.30. The number of hydrogen-bond acceptors (Lipinski definition) is 7. The van der Waals surface area contributed by atoms with Gasteiger partial charge < -0.3 is 14.2 Å². The summed E-state index contributed by atoms with van der Waals surface area (Å²) in [5.74, 6) is -0.217. The van der Waals surface area contributed by atoms with E-state index in [0.29, 0.717) is 0 Å². The molecule has 0 spiro atoms. The van der Waals surface area contributed by atoms with Gasteiger partial charge in [-0.2, -0.15) is 0 Å². The minimum atomic E-state index is -0.611. The first kappa shape index (κ1) is 17.5. The largest absolute Gasteiger partial charge is 0.464 e. The van der Waals surface area contributed by atoms with Gasteiger partial charge in [-0.05, 0) is 12.2 Å². The second-order valence-electron chi connectivity index (χ2n) is 5.72. The first-order chi connectivity index (χ1) is 12.0. The number of rotatable bonds is 4. The zero-order valence-corrected chi connectivity index (χ0v) is 14.5. The average molecular weight is 366 g/mol. The highest BCUT2D eigenvalue weighted by molar-refractivity contribution is 7.80. The van der Waals surface area contributed by atoms with Crippen LogP contribution in [-0.4, -0.2) is 50.2 Å². The monoisotopic (exact) mass is 366 g/mol. The van der Waals surface area contributed by atoms with Crippen LogP contribution in [0.5, 0.6) is 0 Å². The Kier molecular flexibility index (Phi) is 5.11. The van der Waals surface area contributed by atoms with Crippen LogP contribution in [0.15, 0.2) is 40.6 Å². The normalized spacial score (nSPS) is 25.8. The quantitative estimate of drug-likeness (QED) is 0.768. The molecule has 1 N–H and O–H groups in total. The maximum atomic E-state index is 12.1. The minimum absolute atomic E-state index is 0.217. The number of aromatic nitrogens is 4. The summed E-state index contributed by atoms with van der Waals surface area (Å²) in [6.07, 6.45) is 4.75. The summed E-state index contributed by atoms with van der Waals surface area (Å²) in [5, 5.41) is 0.230. The lowest BCUT2D eigenvalue weighted by atomic mass is 10.0. The summed E-state index contributed by atoms with van der Waals surface area (Å²) in [5.41, 5.74) is -1.01. The molecule has 9 nitrogen and oxygen atoms in total. The molecule has 3 rings (SSSR count). The van der Waals surface area contributed by atoms with E-state index in [2.05, 4.69) is 9.97 Å². The van der Waals surface area contributed by atoms with Crippen molar-refractivity contribution >= 4 is 17.4 Å². The van der Waals surface area contributed by atoms with Gasteiger partial charge >= 0.3 is 5.69 Å². The van der Waals surface area contributed by atoms with Gasteiger partial charge in [0.1, 0.15) is 24.8 Å². The number of imidazole rings is 1. The van der Waals surface area contributed by atoms with E-state index in [1.807, 2.05) is 6.92 Å². The van der Waals surface area contributed by atoms with Crippen LogP contribution in [0.4, 0.5) is 0 Å². The van der Waals surface area contributed by atoms with Gasteiger partial charge in [-0.25, -0.2) is 9.78 Å². The zero-order chi connectivity index (χ0) is 18.0. The standard InChI is InChI=1S/C15H18N4O5S/c1-9-12(24-15(25)18-6-4-16-8-18)10(7-22-2)23-13(9)19-5-3-11(20)17-14(19)21/h3-6,8-10,12-13H,7H2,1-2H3,(H,17,20,21)/t9-,10+,12?,13+/m0/s1. The number of nitrogens with one attached hydrogen (secondary N) is 1. The van der Waals surface area contributed by atoms with Gasteiger partial charge in [0.25, 0.3) is 10.7 Å². The molecular weight excluding hydrogens is 348 g/mol. The Balaban J connectivity index is 1.85. The van der Waals surface area contributed by atoms with Gasteiger partial charge in [-0.1, -0.05) is 6.92 Å². The van der Waals surface area contributed by atoms with Gasteiger partial charge in [0.15, 0.2) is 0 Å². The molecule has 1 fully saturated rings. The third-order valence-electron chi connectivity index (χ3n) is 4.06. The fourth-order valence-electron chi connectivity index (χ4n) is 2.85. The molecule has 3 heterocycles. The summed E-state index contributed by atoms with van der Waals surface area (Å²) in [6.45, 7) is 2.16. The van der Waals surface area contributed by atoms with E-state index in [0.717, 1.165) is 0 Å². The molecule has 0 aromatic carbocycles. The van der Waals surface area contributed by atoms with Gasteiger partial charge in [0.05, 0.1) is 6.61 Å². The summed E-state index contributed by atoms with van der Waals surface area (Å²) in [4.78, 5) is 29.5. The van der Waals surface area contributed by atoms with Crippen LogP contribution in [0.3, 0.4) is 0 Å². The zero-order valence-electron chi connectivity index (χ0n) is 13.7. The molecule has 0 bridgehead atoms. The second-order valence-corrected chi connectivity index (χ2v) is 6.06. The SMILES string of the molecule is COC[C@H]1O[C@@H](n2ccc(=O)[nH]c2=O)[C@@H](C)C1OC(=S)n1ccnc1. The highest BCUT2D eigenvalue weighted by Crippen LogP contribution is 2.35. The van der Waals surface area contributed by atoms with Crippen molar-refractivity contribution in [3.63, 3.8) is 0 Å². The number of ether oxygens (including phenoxy) is 3. The predicted molar refractivity (Wildman–Crippen MR) is 91.4 cm³/mol. The fraction of sp³-hybridized carbons (Fsp3) is 0.467. The molecule has 1 saturated heterocycles. The van der Waals surface area contributed by atoms with E-state index in [9.17, 15) is 9.59 Å². The Morgan fingerprint density at radius 2 is 2.24 bits per heavy atom. The van der Waals surface area contributed by atoms with Gasteiger partial charge in [-0.3, -0.25) is 18.9 Å². The van der Waals surface area contributed by atoms with Crippen LogP contribution in [0.2, 0.25) is 0 Å². The van der Waals surface area contributed by atoms with E-state index < -0.39 is 29.7 Å². The molecule has 2 aromatic heterocycles. The molecule has 0 radical (unpaired) electrons. The maximum absolute atomic E-state index is 12.1. The number of aromatic amines is 1. The van der Waals surface area contributed by atoms with Crippen molar-refractivity contribution in [2.45, 2.75) is 25.4 Å². The highest BCUT2D eigenvalue weighted by atomic mass is 32.1. The maximum Gasteiger partial charge on any atom is 0.330 e. The molecular formula is C15H18N4O5S. The third-order valence-corrected chi connectivity index (χ3v) is 4.36. The summed E-state index contributed by atoms with van der Waals surface area (Å²) in [6, 6.07) is 1.27. The van der Waals surface area contributed by atoms with E-state index in [1.54, 1.807) is 24.1 Å². The van der Waals surface area contributed by atoms with Crippen LogP contribution in [0.25, 0.3) is 0 Å². The van der Waals surface area contributed by atoms with Gasteiger partial charge in [-0.15, -0.1) is 0 Å². The van der Waals surface area contributed by atoms with E-state index >= 15 is 0 Å². The van der Waals surface area contributed by atoms with Crippen molar-refractivity contribution in [3.8, 4) is 0 Å².